The SMILES string of the molecule is [O-]C1=C2CCCN2[C@@H](C(Cl)(Cl)Cl)O1. The first kappa shape index (κ1) is 9.56. The molecule has 3 nitrogen and oxygen atoms in total. The maximum Gasteiger partial charge on any atom is 0.220 e. The molecule has 2 heterocycles. The Balaban J connectivity index is 2.22. The number of ether oxygens (including phenoxy) is 1. The standard InChI is InChI=1S/C7H8Cl3NO2/c8-7(9,10)6-11-3-1-2-4(11)5(12)13-6/h6,12H,1-3H2/p-1/t6-/m1/s1. The van der Waals surface area contributed by atoms with Gasteiger partial charge in [-0.15, -0.1) is 0 Å². The van der Waals surface area contributed by atoms with Crippen molar-refractivity contribution in [2.45, 2.75) is 22.9 Å². The smallest absolute Gasteiger partial charge is 0.220 e. The van der Waals surface area contributed by atoms with Gasteiger partial charge in [0, 0.05) is 12.2 Å². The Labute approximate surface area is 90.8 Å². The lowest BCUT2D eigenvalue weighted by Crippen LogP contribution is -2.39. The molecule has 74 valence electrons. The number of nitrogens with zero attached hydrogens (tertiary/aromatic N) is 1. The van der Waals surface area contributed by atoms with Crippen LogP contribution in [0, 0.1) is 0 Å². The molecule has 0 spiro atoms. The van der Waals surface area contributed by atoms with Crippen LogP contribution < -0.4 is 5.11 Å². The molecular formula is C7H7Cl3NO2-. The molecule has 0 unspecified atom stereocenters. The fraction of sp³-hybridized carbons (Fsp3) is 0.714. The van der Waals surface area contributed by atoms with Crippen LogP contribution >= 0.6 is 34.8 Å². The summed E-state index contributed by atoms with van der Waals surface area (Å²) in [4.78, 5) is 1.73. The second-order valence-electron chi connectivity index (χ2n) is 3.04. The quantitative estimate of drug-likeness (QED) is 0.602. The fourth-order valence-electron chi connectivity index (χ4n) is 1.65. The van der Waals surface area contributed by atoms with E-state index in [4.69, 9.17) is 39.5 Å². The van der Waals surface area contributed by atoms with Gasteiger partial charge in [0.05, 0.1) is 5.95 Å². The summed E-state index contributed by atoms with van der Waals surface area (Å²) in [5.41, 5.74) is 0.635. The minimum atomic E-state index is -1.57. The first-order chi connectivity index (χ1) is 6.00. The molecule has 2 aliphatic heterocycles. The highest BCUT2D eigenvalue weighted by atomic mass is 35.6. The minimum Gasteiger partial charge on any atom is -0.586 e. The first-order valence-corrected chi connectivity index (χ1v) is 5.04. The van der Waals surface area contributed by atoms with Crippen molar-refractivity contribution in [3.05, 3.63) is 11.6 Å². The van der Waals surface area contributed by atoms with E-state index in [1.165, 1.54) is 0 Å². The van der Waals surface area contributed by atoms with Crippen molar-refractivity contribution in [3.63, 3.8) is 0 Å². The third-order valence-corrected chi connectivity index (χ3v) is 2.74. The first-order valence-electron chi connectivity index (χ1n) is 3.90. The molecule has 0 N–H and O–H groups in total. The lowest BCUT2D eigenvalue weighted by Gasteiger charge is -2.33. The van der Waals surface area contributed by atoms with Gasteiger partial charge in [-0.1, -0.05) is 34.8 Å². The Hall–Kier alpha value is 0.01000. The van der Waals surface area contributed by atoms with E-state index >= 15 is 0 Å². The molecule has 2 aliphatic rings. The van der Waals surface area contributed by atoms with Crippen LogP contribution in [-0.2, 0) is 4.74 Å². The van der Waals surface area contributed by atoms with E-state index in [0.29, 0.717) is 5.70 Å². The molecule has 2 rings (SSSR count). The fourth-order valence-corrected chi connectivity index (χ4v) is 2.14. The van der Waals surface area contributed by atoms with Gasteiger partial charge in [0.2, 0.25) is 3.79 Å². The van der Waals surface area contributed by atoms with Gasteiger partial charge in [-0.25, -0.2) is 0 Å². The average Bonchev–Trinajstić information content (AvgIpc) is 2.51. The van der Waals surface area contributed by atoms with Crippen LogP contribution in [0.1, 0.15) is 12.8 Å². The van der Waals surface area contributed by atoms with Crippen molar-refractivity contribution in [3.8, 4) is 0 Å². The Bertz CT molecular complexity index is 261. The molecule has 1 atom stereocenters. The predicted molar refractivity (Wildman–Crippen MR) is 48.1 cm³/mol. The van der Waals surface area contributed by atoms with E-state index in [1.54, 1.807) is 4.90 Å². The molecule has 0 aromatic rings. The molecule has 0 amide bonds. The Morgan fingerprint density at radius 2 is 2.15 bits per heavy atom. The molecule has 1 saturated heterocycles. The summed E-state index contributed by atoms with van der Waals surface area (Å²) in [6.07, 6.45) is 0.889. The van der Waals surface area contributed by atoms with Crippen molar-refractivity contribution >= 4 is 34.8 Å². The summed E-state index contributed by atoms with van der Waals surface area (Å²) in [5.74, 6) is -0.353. The summed E-state index contributed by atoms with van der Waals surface area (Å²) in [5, 5.41) is 11.2. The zero-order chi connectivity index (χ0) is 9.64. The monoisotopic (exact) mass is 242 g/mol. The molecule has 0 bridgehead atoms. The van der Waals surface area contributed by atoms with Gasteiger partial charge in [0.25, 0.3) is 0 Å². The van der Waals surface area contributed by atoms with Gasteiger partial charge in [-0.2, -0.15) is 0 Å². The van der Waals surface area contributed by atoms with Crippen molar-refractivity contribution in [2.75, 3.05) is 6.54 Å². The summed E-state index contributed by atoms with van der Waals surface area (Å²) in [6, 6.07) is 0. The summed E-state index contributed by atoms with van der Waals surface area (Å²) < 4.78 is 3.38. The number of fused-ring (bicyclic) bond motifs is 1. The second kappa shape index (κ2) is 3.01. The summed E-state index contributed by atoms with van der Waals surface area (Å²) >= 11 is 17.0. The van der Waals surface area contributed by atoms with Crippen LogP contribution in [0.4, 0.5) is 0 Å². The molecular weight excluding hydrogens is 236 g/mol. The molecule has 1 fully saturated rings. The zero-order valence-corrected chi connectivity index (χ0v) is 8.86. The highest BCUT2D eigenvalue weighted by Crippen LogP contribution is 2.43. The predicted octanol–water partition coefficient (Wildman–Crippen LogP) is 1.34. The van der Waals surface area contributed by atoms with Gasteiger partial charge in [0.1, 0.15) is 6.23 Å². The van der Waals surface area contributed by atoms with E-state index in [0.717, 1.165) is 19.4 Å². The Morgan fingerprint density at radius 3 is 2.77 bits per heavy atom. The van der Waals surface area contributed by atoms with E-state index in [-0.39, 0.29) is 5.95 Å². The minimum absolute atomic E-state index is 0.353. The van der Waals surface area contributed by atoms with Crippen molar-refractivity contribution in [2.24, 2.45) is 0 Å². The Kier molecular flexibility index (Phi) is 2.21. The number of rotatable bonds is 0. The molecule has 13 heavy (non-hydrogen) atoms. The average molecular weight is 243 g/mol. The number of hydrogen-bond acceptors (Lipinski definition) is 3. The van der Waals surface area contributed by atoms with Gasteiger partial charge >= 0.3 is 0 Å². The van der Waals surface area contributed by atoms with Crippen LogP contribution in [0.5, 0.6) is 0 Å². The molecule has 0 aromatic heterocycles. The molecule has 0 aromatic carbocycles. The van der Waals surface area contributed by atoms with Crippen molar-refractivity contribution in [1.29, 1.82) is 0 Å². The summed E-state index contributed by atoms with van der Waals surface area (Å²) in [7, 11) is 0. The van der Waals surface area contributed by atoms with Gasteiger partial charge in [0.15, 0.2) is 0 Å². The molecule has 0 radical (unpaired) electrons. The van der Waals surface area contributed by atoms with Crippen LogP contribution in [0.3, 0.4) is 0 Å². The van der Waals surface area contributed by atoms with Crippen LogP contribution in [0.25, 0.3) is 0 Å². The van der Waals surface area contributed by atoms with Crippen LogP contribution in [0.2, 0.25) is 0 Å². The maximum atomic E-state index is 11.2. The van der Waals surface area contributed by atoms with Crippen LogP contribution in [0.15, 0.2) is 11.6 Å². The third kappa shape index (κ3) is 1.53. The molecule has 0 saturated carbocycles. The number of allylic oxidation sites excluding steroid dienone is 1. The number of alkyl halides is 3. The molecule has 0 aliphatic carbocycles. The lowest BCUT2D eigenvalue weighted by atomic mass is 10.3. The van der Waals surface area contributed by atoms with E-state index in [9.17, 15) is 5.11 Å². The number of hydrogen-bond donors (Lipinski definition) is 0. The van der Waals surface area contributed by atoms with E-state index < -0.39 is 10.0 Å². The molecule has 6 heteroatoms. The topological polar surface area (TPSA) is 35.5 Å². The van der Waals surface area contributed by atoms with Gasteiger partial charge < -0.3 is 14.7 Å². The van der Waals surface area contributed by atoms with Crippen molar-refractivity contribution < 1.29 is 9.84 Å². The summed E-state index contributed by atoms with van der Waals surface area (Å²) in [6.45, 7) is 0.722. The van der Waals surface area contributed by atoms with Crippen LogP contribution in [-0.4, -0.2) is 21.5 Å². The second-order valence-corrected chi connectivity index (χ2v) is 5.41. The lowest BCUT2D eigenvalue weighted by molar-refractivity contribution is -0.359. The zero-order valence-electron chi connectivity index (χ0n) is 6.60. The van der Waals surface area contributed by atoms with E-state index in [1.807, 2.05) is 0 Å². The number of halogens is 3. The Morgan fingerprint density at radius 1 is 1.46 bits per heavy atom. The van der Waals surface area contributed by atoms with Gasteiger partial charge in [-0.05, 0) is 12.8 Å². The largest absolute Gasteiger partial charge is 0.586 e. The highest BCUT2D eigenvalue weighted by molar-refractivity contribution is 6.68. The maximum absolute atomic E-state index is 11.2. The normalized spacial score (nSPS) is 27.9. The van der Waals surface area contributed by atoms with Gasteiger partial charge in [-0.3, -0.25) is 0 Å². The highest BCUT2D eigenvalue weighted by Gasteiger charge is 2.41. The third-order valence-electron chi connectivity index (χ3n) is 2.18. The van der Waals surface area contributed by atoms with Crippen molar-refractivity contribution in [1.82, 2.24) is 4.90 Å². The van der Waals surface area contributed by atoms with E-state index in [2.05, 4.69) is 0 Å².